The monoisotopic (exact) mass is 383 g/mol. The van der Waals surface area contributed by atoms with Gasteiger partial charge in [0.05, 0.1) is 12.1 Å². The van der Waals surface area contributed by atoms with Crippen molar-refractivity contribution < 1.29 is 14.1 Å². The van der Waals surface area contributed by atoms with Crippen molar-refractivity contribution in [1.82, 2.24) is 15.0 Å². The first kappa shape index (κ1) is 17.5. The molecule has 0 N–H and O–H groups in total. The fourth-order valence-electron chi connectivity index (χ4n) is 3.31. The van der Waals surface area contributed by atoms with Crippen molar-refractivity contribution in [2.24, 2.45) is 0 Å². The minimum Gasteiger partial charge on any atom is -0.497 e. The molecule has 6 nitrogen and oxygen atoms in total. The fourth-order valence-corrected chi connectivity index (χ4v) is 3.53. The zero-order valence-corrected chi connectivity index (χ0v) is 15.5. The molecule has 27 heavy (non-hydrogen) atoms. The van der Waals surface area contributed by atoms with Crippen LogP contribution in [0.4, 0.5) is 0 Å². The van der Waals surface area contributed by atoms with Crippen molar-refractivity contribution in [3.8, 4) is 17.1 Å². The number of ether oxygens (including phenoxy) is 1. The molecule has 7 heteroatoms. The lowest BCUT2D eigenvalue weighted by atomic mass is 10.1. The van der Waals surface area contributed by atoms with Gasteiger partial charge in [-0.1, -0.05) is 35.0 Å². The van der Waals surface area contributed by atoms with Crippen molar-refractivity contribution in [3.05, 3.63) is 65.0 Å². The lowest BCUT2D eigenvalue weighted by molar-refractivity contribution is 0.0709. The first-order chi connectivity index (χ1) is 13.2. The van der Waals surface area contributed by atoms with Crippen LogP contribution in [0.2, 0.25) is 5.02 Å². The van der Waals surface area contributed by atoms with Crippen LogP contribution in [0.1, 0.15) is 35.1 Å². The number of carbonyl (C=O) groups is 1. The molecule has 1 fully saturated rings. The van der Waals surface area contributed by atoms with E-state index in [1.807, 2.05) is 24.3 Å². The molecule has 2 aromatic carbocycles. The van der Waals surface area contributed by atoms with Gasteiger partial charge in [0.25, 0.3) is 5.91 Å². The molecule has 0 radical (unpaired) electrons. The summed E-state index contributed by atoms with van der Waals surface area (Å²) in [6.45, 7) is 0.643. The second-order valence-electron chi connectivity index (χ2n) is 6.32. The van der Waals surface area contributed by atoms with Gasteiger partial charge in [-0.3, -0.25) is 4.79 Å². The van der Waals surface area contributed by atoms with E-state index in [0.29, 0.717) is 40.2 Å². The summed E-state index contributed by atoms with van der Waals surface area (Å²) in [5.41, 5.74) is 1.28. The van der Waals surface area contributed by atoms with Gasteiger partial charge in [0.1, 0.15) is 11.8 Å². The third-order valence-electron chi connectivity index (χ3n) is 4.67. The third-order valence-corrected chi connectivity index (χ3v) is 5.00. The lowest BCUT2D eigenvalue weighted by Gasteiger charge is -2.22. The Morgan fingerprint density at radius 2 is 2.11 bits per heavy atom. The summed E-state index contributed by atoms with van der Waals surface area (Å²) < 4.78 is 10.7. The highest BCUT2D eigenvalue weighted by Gasteiger charge is 2.34. The fraction of sp³-hybridized carbons (Fsp3) is 0.250. The van der Waals surface area contributed by atoms with Gasteiger partial charge in [0.15, 0.2) is 0 Å². The SMILES string of the molecule is COc1cccc(C(=O)N2CCC[C@H]2c2nc(-c3ccccc3Cl)no2)c1. The highest BCUT2D eigenvalue weighted by atomic mass is 35.5. The van der Waals surface area contributed by atoms with Crippen LogP contribution in [0.3, 0.4) is 0 Å². The maximum atomic E-state index is 13.0. The minimum absolute atomic E-state index is 0.0751. The van der Waals surface area contributed by atoms with Crippen LogP contribution >= 0.6 is 11.6 Å². The average Bonchev–Trinajstić information content (AvgIpc) is 3.37. The van der Waals surface area contributed by atoms with Crippen LogP contribution in [0.5, 0.6) is 5.75 Å². The quantitative estimate of drug-likeness (QED) is 0.668. The van der Waals surface area contributed by atoms with Crippen molar-refractivity contribution in [1.29, 1.82) is 0 Å². The highest BCUT2D eigenvalue weighted by Crippen LogP contribution is 2.34. The predicted octanol–water partition coefficient (Wildman–Crippen LogP) is 4.38. The van der Waals surface area contributed by atoms with Gasteiger partial charge in [-0.15, -0.1) is 0 Å². The number of benzene rings is 2. The van der Waals surface area contributed by atoms with Gasteiger partial charge in [-0.2, -0.15) is 4.98 Å². The standard InChI is InChI=1S/C20H18ClN3O3/c1-26-14-7-4-6-13(12-14)20(25)24-11-5-10-17(24)19-22-18(23-27-19)15-8-2-3-9-16(15)21/h2-4,6-9,12,17H,5,10-11H2,1H3/t17-/m0/s1. The lowest BCUT2D eigenvalue weighted by Crippen LogP contribution is -2.30. The van der Waals surface area contributed by atoms with E-state index in [1.54, 1.807) is 36.3 Å². The summed E-state index contributed by atoms with van der Waals surface area (Å²) in [5, 5.41) is 4.61. The molecule has 0 unspecified atom stereocenters. The summed E-state index contributed by atoms with van der Waals surface area (Å²) >= 11 is 6.22. The Kier molecular flexibility index (Phi) is 4.81. The topological polar surface area (TPSA) is 68.5 Å². The van der Waals surface area contributed by atoms with Crippen LogP contribution in [0, 0.1) is 0 Å². The van der Waals surface area contributed by atoms with E-state index in [-0.39, 0.29) is 11.9 Å². The van der Waals surface area contributed by atoms with Crippen molar-refractivity contribution in [2.75, 3.05) is 13.7 Å². The first-order valence-corrected chi connectivity index (χ1v) is 9.08. The minimum atomic E-state index is -0.243. The van der Waals surface area contributed by atoms with Crippen LogP contribution in [-0.2, 0) is 0 Å². The number of hydrogen-bond donors (Lipinski definition) is 0. The van der Waals surface area contributed by atoms with Crippen LogP contribution in [0.15, 0.2) is 53.1 Å². The number of hydrogen-bond acceptors (Lipinski definition) is 5. The smallest absolute Gasteiger partial charge is 0.254 e. The average molecular weight is 384 g/mol. The Hall–Kier alpha value is -2.86. The molecule has 0 saturated carbocycles. The molecule has 0 bridgehead atoms. The molecule has 138 valence electrons. The van der Waals surface area contributed by atoms with Gasteiger partial charge < -0.3 is 14.2 Å². The highest BCUT2D eigenvalue weighted by molar-refractivity contribution is 6.33. The Morgan fingerprint density at radius 1 is 1.26 bits per heavy atom. The molecule has 1 aliphatic heterocycles. The zero-order chi connectivity index (χ0) is 18.8. The van der Waals surface area contributed by atoms with E-state index in [9.17, 15) is 4.79 Å². The van der Waals surface area contributed by atoms with Gasteiger partial charge in [0, 0.05) is 17.7 Å². The molecule has 1 aliphatic rings. The number of methoxy groups -OCH3 is 1. The number of halogens is 1. The molecular formula is C20H18ClN3O3. The van der Waals surface area contributed by atoms with Crippen LogP contribution in [0.25, 0.3) is 11.4 Å². The number of nitrogens with zero attached hydrogens (tertiary/aromatic N) is 3. The van der Waals surface area contributed by atoms with E-state index in [0.717, 1.165) is 12.8 Å². The second kappa shape index (κ2) is 7.40. The summed E-state index contributed by atoms with van der Waals surface area (Å²) in [6, 6.07) is 14.2. The molecule has 1 aromatic heterocycles. The number of likely N-dealkylation sites (tertiary alicyclic amines) is 1. The number of amides is 1. The summed E-state index contributed by atoms with van der Waals surface area (Å²) in [5.74, 6) is 1.43. The van der Waals surface area contributed by atoms with E-state index in [2.05, 4.69) is 10.1 Å². The molecule has 0 aliphatic carbocycles. The number of rotatable bonds is 4. The zero-order valence-electron chi connectivity index (χ0n) is 14.8. The predicted molar refractivity (Wildman–Crippen MR) is 101 cm³/mol. The Balaban J connectivity index is 1.60. The third kappa shape index (κ3) is 3.40. The maximum absolute atomic E-state index is 13.0. The van der Waals surface area contributed by atoms with Crippen LogP contribution < -0.4 is 4.74 Å². The molecule has 3 aromatic rings. The van der Waals surface area contributed by atoms with E-state index >= 15 is 0 Å². The first-order valence-electron chi connectivity index (χ1n) is 8.71. The molecule has 0 spiro atoms. The Morgan fingerprint density at radius 3 is 2.93 bits per heavy atom. The Bertz CT molecular complexity index is 972. The maximum Gasteiger partial charge on any atom is 0.254 e. The largest absolute Gasteiger partial charge is 0.497 e. The van der Waals surface area contributed by atoms with Crippen molar-refractivity contribution >= 4 is 17.5 Å². The van der Waals surface area contributed by atoms with Crippen molar-refractivity contribution in [2.45, 2.75) is 18.9 Å². The molecular weight excluding hydrogens is 366 g/mol. The van der Waals surface area contributed by atoms with E-state index in [1.165, 1.54) is 0 Å². The Labute approximate surface area is 161 Å². The number of aromatic nitrogens is 2. The van der Waals surface area contributed by atoms with Crippen LogP contribution in [-0.4, -0.2) is 34.6 Å². The molecule has 1 saturated heterocycles. The summed E-state index contributed by atoms with van der Waals surface area (Å²) in [4.78, 5) is 19.3. The van der Waals surface area contributed by atoms with Gasteiger partial charge in [0.2, 0.25) is 11.7 Å². The summed E-state index contributed by atoms with van der Waals surface area (Å²) in [6.07, 6.45) is 1.66. The van der Waals surface area contributed by atoms with Crippen molar-refractivity contribution in [3.63, 3.8) is 0 Å². The van der Waals surface area contributed by atoms with Gasteiger partial charge >= 0.3 is 0 Å². The van der Waals surface area contributed by atoms with E-state index < -0.39 is 0 Å². The normalized spacial score (nSPS) is 16.5. The van der Waals surface area contributed by atoms with Gasteiger partial charge in [-0.25, -0.2) is 0 Å². The molecule has 1 atom stereocenters. The summed E-state index contributed by atoms with van der Waals surface area (Å²) in [7, 11) is 1.58. The second-order valence-corrected chi connectivity index (χ2v) is 6.73. The molecule has 2 heterocycles. The number of carbonyl (C=O) groups excluding carboxylic acids is 1. The van der Waals surface area contributed by atoms with E-state index in [4.69, 9.17) is 20.9 Å². The molecule has 1 amide bonds. The molecule has 4 rings (SSSR count). The van der Waals surface area contributed by atoms with Gasteiger partial charge in [-0.05, 0) is 43.2 Å².